The van der Waals surface area contributed by atoms with E-state index in [0.717, 1.165) is 25.1 Å². The molecule has 0 unspecified atom stereocenters. The Kier molecular flexibility index (Phi) is 2.99. The lowest BCUT2D eigenvalue weighted by atomic mass is 9.93. The van der Waals surface area contributed by atoms with Gasteiger partial charge in [-0.1, -0.05) is 18.9 Å². The fraction of sp³-hybridized carbons (Fsp3) is 0.545. The van der Waals surface area contributed by atoms with Gasteiger partial charge in [0, 0.05) is 6.20 Å². The van der Waals surface area contributed by atoms with Crippen molar-refractivity contribution in [3.63, 3.8) is 0 Å². The van der Waals surface area contributed by atoms with Gasteiger partial charge < -0.3 is 10.4 Å². The smallest absolute Gasteiger partial charge is 0.126 e. The average Bonchev–Trinajstić information content (AvgIpc) is 2.23. The normalized spacial score (nSPS) is 27.2. The summed E-state index contributed by atoms with van der Waals surface area (Å²) in [5.41, 5.74) is 0. The number of aliphatic hydroxyl groups excluding tert-OH is 1. The second-order valence-corrected chi connectivity index (χ2v) is 3.82. The Bertz CT molecular complexity index is 276. The molecule has 14 heavy (non-hydrogen) atoms. The molecule has 0 radical (unpaired) electrons. The highest BCUT2D eigenvalue weighted by Crippen LogP contribution is 2.21. The molecular weight excluding hydrogens is 176 g/mol. The number of rotatable bonds is 2. The standard InChI is InChI=1S/C11H16N2O/c14-10-6-2-1-5-9(10)13-11-7-3-4-8-12-11/h3-4,7-10,14H,1-2,5-6H2,(H,12,13)/t9-,10-/m0/s1. The Balaban J connectivity index is 1.96. The highest BCUT2D eigenvalue weighted by molar-refractivity contribution is 5.34. The monoisotopic (exact) mass is 192 g/mol. The van der Waals surface area contributed by atoms with Crippen LogP contribution in [0.5, 0.6) is 0 Å². The van der Waals surface area contributed by atoms with E-state index in [1.165, 1.54) is 6.42 Å². The summed E-state index contributed by atoms with van der Waals surface area (Å²) < 4.78 is 0. The van der Waals surface area contributed by atoms with Gasteiger partial charge in [-0.25, -0.2) is 4.98 Å². The van der Waals surface area contributed by atoms with Gasteiger partial charge in [-0.15, -0.1) is 0 Å². The first-order valence-electron chi connectivity index (χ1n) is 5.22. The maximum Gasteiger partial charge on any atom is 0.126 e. The summed E-state index contributed by atoms with van der Waals surface area (Å²) in [5, 5.41) is 13.0. The lowest BCUT2D eigenvalue weighted by molar-refractivity contribution is 0.116. The third kappa shape index (κ3) is 2.23. The van der Waals surface area contributed by atoms with Crippen LogP contribution in [0, 0.1) is 0 Å². The van der Waals surface area contributed by atoms with E-state index in [0.29, 0.717) is 0 Å². The molecular formula is C11H16N2O. The molecule has 3 heteroatoms. The molecule has 0 aliphatic heterocycles. The summed E-state index contributed by atoms with van der Waals surface area (Å²) in [7, 11) is 0. The van der Waals surface area contributed by atoms with Crippen LogP contribution in [0.2, 0.25) is 0 Å². The number of anilines is 1. The Labute approximate surface area is 84.2 Å². The molecule has 1 saturated carbocycles. The maximum atomic E-state index is 9.74. The molecule has 2 atom stereocenters. The van der Waals surface area contributed by atoms with Gasteiger partial charge in [-0.2, -0.15) is 0 Å². The molecule has 3 nitrogen and oxygen atoms in total. The van der Waals surface area contributed by atoms with Crippen LogP contribution in [0.1, 0.15) is 25.7 Å². The predicted octanol–water partition coefficient (Wildman–Crippen LogP) is 1.80. The fourth-order valence-corrected chi connectivity index (χ4v) is 1.92. The summed E-state index contributed by atoms with van der Waals surface area (Å²) >= 11 is 0. The third-order valence-corrected chi connectivity index (χ3v) is 2.73. The van der Waals surface area contributed by atoms with E-state index in [-0.39, 0.29) is 12.1 Å². The van der Waals surface area contributed by atoms with Crippen LogP contribution in [0.25, 0.3) is 0 Å². The Morgan fingerprint density at radius 2 is 2.14 bits per heavy atom. The van der Waals surface area contributed by atoms with Crippen LogP contribution in [0.15, 0.2) is 24.4 Å². The summed E-state index contributed by atoms with van der Waals surface area (Å²) in [5.74, 6) is 0.860. The minimum absolute atomic E-state index is 0.179. The molecule has 1 aromatic rings. The highest BCUT2D eigenvalue weighted by Gasteiger charge is 2.22. The molecule has 1 fully saturated rings. The zero-order chi connectivity index (χ0) is 9.80. The van der Waals surface area contributed by atoms with Crippen LogP contribution in [-0.2, 0) is 0 Å². The van der Waals surface area contributed by atoms with Gasteiger partial charge in [0.05, 0.1) is 12.1 Å². The van der Waals surface area contributed by atoms with Crippen molar-refractivity contribution in [1.29, 1.82) is 0 Å². The van der Waals surface area contributed by atoms with E-state index in [1.807, 2.05) is 18.2 Å². The first-order chi connectivity index (χ1) is 6.86. The van der Waals surface area contributed by atoms with Gasteiger partial charge in [0.25, 0.3) is 0 Å². The zero-order valence-corrected chi connectivity index (χ0v) is 8.19. The number of aromatic nitrogens is 1. The van der Waals surface area contributed by atoms with Crippen LogP contribution in [-0.4, -0.2) is 22.2 Å². The summed E-state index contributed by atoms with van der Waals surface area (Å²) in [6.45, 7) is 0. The van der Waals surface area contributed by atoms with Crippen molar-refractivity contribution in [3.8, 4) is 0 Å². The SMILES string of the molecule is O[C@H]1CCCC[C@@H]1Nc1ccccn1. The topological polar surface area (TPSA) is 45.1 Å². The predicted molar refractivity (Wildman–Crippen MR) is 56.1 cm³/mol. The lowest BCUT2D eigenvalue weighted by Crippen LogP contribution is -2.36. The van der Waals surface area contributed by atoms with E-state index in [4.69, 9.17) is 0 Å². The average molecular weight is 192 g/mol. The van der Waals surface area contributed by atoms with Crippen LogP contribution >= 0.6 is 0 Å². The van der Waals surface area contributed by atoms with Crippen molar-refractivity contribution in [2.24, 2.45) is 0 Å². The van der Waals surface area contributed by atoms with Gasteiger partial charge in [0.15, 0.2) is 0 Å². The number of pyridine rings is 1. The van der Waals surface area contributed by atoms with Crippen molar-refractivity contribution in [2.75, 3.05) is 5.32 Å². The molecule has 0 bridgehead atoms. The van der Waals surface area contributed by atoms with Gasteiger partial charge in [0.2, 0.25) is 0 Å². The number of hydrogen-bond donors (Lipinski definition) is 2. The van der Waals surface area contributed by atoms with E-state index in [1.54, 1.807) is 6.20 Å². The maximum absolute atomic E-state index is 9.74. The molecule has 2 N–H and O–H groups in total. The van der Waals surface area contributed by atoms with Crippen molar-refractivity contribution in [2.45, 2.75) is 37.8 Å². The Morgan fingerprint density at radius 3 is 2.86 bits per heavy atom. The first-order valence-corrected chi connectivity index (χ1v) is 5.22. The number of hydrogen-bond acceptors (Lipinski definition) is 3. The molecule has 0 saturated heterocycles. The van der Waals surface area contributed by atoms with Gasteiger partial charge >= 0.3 is 0 Å². The third-order valence-electron chi connectivity index (χ3n) is 2.73. The van der Waals surface area contributed by atoms with Crippen molar-refractivity contribution < 1.29 is 5.11 Å². The second-order valence-electron chi connectivity index (χ2n) is 3.82. The first kappa shape index (κ1) is 9.46. The molecule has 1 aliphatic rings. The minimum atomic E-state index is -0.217. The zero-order valence-electron chi connectivity index (χ0n) is 8.19. The van der Waals surface area contributed by atoms with Gasteiger partial charge in [-0.05, 0) is 25.0 Å². The van der Waals surface area contributed by atoms with E-state index in [2.05, 4.69) is 10.3 Å². The molecule has 2 rings (SSSR count). The van der Waals surface area contributed by atoms with E-state index >= 15 is 0 Å². The van der Waals surface area contributed by atoms with Crippen molar-refractivity contribution in [1.82, 2.24) is 4.98 Å². The van der Waals surface area contributed by atoms with Crippen LogP contribution in [0.4, 0.5) is 5.82 Å². The largest absolute Gasteiger partial charge is 0.391 e. The molecule has 1 heterocycles. The molecule has 0 aromatic carbocycles. The van der Waals surface area contributed by atoms with Crippen molar-refractivity contribution >= 4 is 5.82 Å². The number of aliphatic hydroxyl groups is 1. The van der Waals surface area contributed by atoms with Crippen molar-refractivity contribution in [3.05, 3.63) is 24.4 Å². The molecule has 0 spiro atoms. The van der Waals surface area contributed by atoms with E-state index in [9.17, 15) is 5.11 Å². The molecule has 1 aromatic heterocycles. The fourth-order valence-electron chi connectivity index (χ4n) is 1.92. The Hall–Kier alpha value is -1.09. The van der Waals surface area contributed by atoms with E-state index < -0.39 is 0 Å². The lowest BCUT2D eigenvalue weighted by Gasteiger charge is -2.28. The Morgan fingerprint density at radius 1 is 1.29 bits per heavy atom. The second kappa shape index (κ2) is 4.42. The highest BCUT2D eigenvalue weighted by atomic mass is 16.3. The number of nitrogens with one attached hydrogen (secondary N) is 1. The van der Waals surface area contributed by atoms with Gasteiger partial charge in [-0.3, -0.25) is 0 Å². The molecule has 1 aliphatic carbocycles. The quantitative estimate of drug-likeness (QED) is 0.751. The molecule has 76 valence electrons. The minimum Gasteiger partial charge on any atom is -0.391 e. The van der Waals surface area contributed by atoms with Crippen LogP contribution < -0.4 is 5.32 Å². The summed E-state index contributed by atoms with van der Waals surface area (Å²) in [6, 6.07) is 5.95. The summed E-state index contributed by atoms with van der Waals surface area (Å²) in [4.78, 5) is 4.19. The van der Waals surface area contributed by atoms with Gasteiger partial charge in [0.1, 0.15) is 5.82 Å². The molecule has 0 amide bonds. The number of nitrogens with zero attached hydrogens (tertiary/aromatic N) is 1. The summed E-state index contributed by atoms with van der Waals surface area (Å²) in [6.07, 6.45) is 5.83. The van der Waals surface area contributed by atoms with Crippen LogP contribution in [0.3, 0.4) is 0 Å².